The van der Waals surface area contributed by atoms with Gasteiger partial charge in [-0.05, 0) is 24.8 Å². The number of ether oxygens (including phenoxy) is 1. The zero-order valence-electron chi connectivity index (χ0n) is 17.6. The van der Waals surface area contributed by atoms with Gasteiger partial charge >= 0.3 is 0 Å². The van der Waals surface area contributed by atoms with Gasteiger partial charge in [0.2, 0.25) is 0 Å². The first-order valence-electron chi connectivity index (χ1n) is 10.3. The molecule has 0 saturated heterocycles. The monoisotopic (exact) mass is 386 g/mol. The van der Waals surface area contributed by atoms with Crippen molar-refractivity contribution in [2.24, 2.45) is 10.9 Å². The minimum atomic E-state index is 0.376. The van der Waals surface area contributed by atoms with Crippen LogP contribution in [-0.2, 0) is 30.7 Å². The molecule has 1 atom stereocenters. The van der Waals surface area contributed by atoms with Crippen LogP contribution in [0.2, 0.25) is 0 Å². The van der Waals surface area contributed by atoms with Crippen molar-refractivity contribution in [2.45, 2.75) is 53.7 Å². The van der Waals surface area contributed by atoms with E-state index < -0.39 is 0 Å². The van der Waals surface area contributed by atoms with Crippen LogP contribution < -0.4 is 10.6 Å². The van der Waals surface area contributed by atoms with E-state index in [1.165, 1.54) is 5.56 Å². The van der Waals surface area contributed by atoms with E-state index in [4.69, 9.17) is 14.3 Å². The predicted molar refractivity (Wildman–Crippen MR) is 113 cm³/mol. The normalized spacial score (nSPS) is 12.8. The number of guanidine groups is 1. The zero-order valence-corrected chi connectivity index (χ0v) is 17.6. The second kappa shape index (κ2) is 12.2. The summed E-state index contributed by atoms with van der Waals surface area (Å²) in [5.74, 6) is 2.11. The van der Waals surface area contributed by atoms with Gasteiger partial charge in [0.1, 0.15) is 5.76 Å². The highest BCUT2D eigenvalue weighted by molar-refractivity contribution is 5.79. The largest absolute Gasteiger partial charge is 0.376 e. The Bertz CT molecular complexity index is 691. The molecule has 28 heavy (non-hydrogen) atoms. The second-order valence-corrected chi connectivity index (χ2v) is 6.92. The summed E-state index contributed by atoms with van der Waals surface area (Å²) in [6.45, 7) is 11.9. The molecule has 0 aliphatic heterocycles. The van der Waals surface area contributed by atoms with E-state index in [-0.39, 0.29) is 0 Å². The molecule has 2 aromatic rings. The van der Waals surface area contributed by atoms with Crippen LogP contribution in [0.5, 0.6) is 0 Å². The fourth-order valence-electron chi connectivity index (χ4n) is 2.90. The summed E-state index contributed by atoms with van der Waals surface area (Å²) in [7, 11) is 0. The highest BCUT2D eigenvalue weighted by Crippen LogP contribution is 2.16. The number of hydrogen-bond donors (Lipinski definition) is 2. The summed E-state index contributed by atoms with van der Waals surface area (Å²) < 4.78 is 11.3. The SMILES string of the molecule is CCNC(=NCc1c(CC)noc1CC)NCC(C)COCc1ccccc1. The molecule has 0 aliphatic carbocycles. The molecule has 0 aliphatic rings. The lowest BCUT2D eigenvalue weighted by molar-refractivity contribution is 0.0931. The third-order valence-corrected chi connectivity index (χ3v) is 4.48. The predicted octanol–water partition coefficient (Wildman–Crippen LogP) is 3.71. The van der Waals surface area contributed by atoms with Gasteiger partial charge < -0.3 is 19.9 Å². The van der Waals surface area contributed by atoms with E-state index in [1.54, 1.807) is 0 Å². The van der Waals surface area contributed by atoms with Crippen LogP contribution in [-0.4, -0.2) is 30.8 Å². The van der Waals surface area contributed by atoms with Crippen LogP contribution in [0.4, 0.5) is 0 Å². The van der Waals surface area contributed by atoms with Gasteiger partial charge in [-0.25, -0.2) is 4.99 Å². The van der Waals surface area contributed by atoms with Crippen LogP contribution in [0.15, 0.2) is 39.8 Å². The van der Waals surface area contributed by atoms with E-state index in [1.807, 2.05) is 18.2 Å². The van der Waals surface area contributed by atoms with Gasteiger partial charge in [0.25, 0.3) is 0 Å². The van der Waals surface area contributed by atoms with Gasteiger partial charge in [-0.1, -0.05) is 56.3 Å². The summed E-state index contributed by atoms with van der Waals surface area (Å²) in [4.78, 5) is 4.73. The molecule has 2 rings (SSSR count). The lowest BCUT2D eigenvalue weighted by Gasteiger charge is -2.16. The lowest BCUT2D eigenvalue weighted by atomic mass is 10.1. The van der Waals surface area contributed by atoms with Crippen LogP contribution in [0, 0.1) is 5.92 Å². The topological polar surface area (TPSA) is 71.7 Å². The molecule has 6 nitrogen and oxygen atoms in total. The van der Waals surface area contributed by atoms with Crippen molar-refractivity contribution in [3.63, 3.8) is 0 Å². The molecule has 1 unspecified atom stereocenters. The highest BCUT2D eigenvalue weighted by Gasteiger charge is 2.13. The van der Waals surface area contributed by atoms with Crippen molar-refractivity contribution in [3.8, 4) is 0 Å². The van der Waals surface area contributed by atoms with Crippen LogP contribution in [0.1, 0.15) is 50.3 Å². The Hall–Kier alpha value is -2.34. The average Bonchev–Trinajstić information content (AvgIpc) is 3.13. The van der Waals surface area contributed by atoms with E-state index in [0.29, 0.717) is 25.7 Å². The fourth-order valence-corrected chi connectivity index (χ4v) is 2.90. The van der Waals surface area contributed by atoms with Crippen molar-refractivity contribution in [2.75, 3.05) is 19.7 Å². The van der Waals surface area contributed by atoms with E-state index in [9.17, 15) is 0 Å². The van der Waals surface area contributed by atoms with Gasteiger partial charge in [-0.15, -0.1) is 0 Å². The highest BCUT2D eigenvalue weighted by atomic mass is 16.5. The quantitative estimate of drug-likeness (QED) is 0.455. The molecule has 0 radical (unpaired) electrons. The molecule has 0 amide bonds. The first-order chi connectivity index (χ1) is 13.7. The first-order valence-corrected chi connectivity index (χ1v) is 10.3. The number of nitrogens with one attached hydrogen (secondary N) is 2. The Kier molecular flexibility index (Phi) is 9.55. The number of nitrogens with zero attached hydrogens (tertiary/aromatic N) is 2. The lowest BCUT2D eigenvalue weighted by Crippen LogP contribution is -2.40. The molecule has 0 saturated carbocycles. The number of rotatable bonds is 11. The Morgan fingerprint density at radius 2 is 1.93 bits per heavy atom. The standard InChI is InChI=1S/C22H34N4O2/c1-5-20-19(21(6-2)28-26-20)14-25-22(23-7-3)24-13-17(4)15-27-16-18-11-9-8-10-12-18/h8-12,17H,5-7,13-16H2,1-4H3,(H2,23,24,25). The summed E-state index contributed by atoms with van der Waals surface area (Å²) in [6.07, 6.45) is 1.69. The van der Waals surface area contributed by atoms with E-state index in [2.05, 4.69) is 55.6 Å². The van der Waals surface area contributed by atoms with Crippen LogP contribution in [0.3, 0.4) is 0 Å². The minimum absolute atomic E-state index is 0.376. The van der Waals surface area contributed by atoms with Crippen molar-refractivity contribution < 1.29 is 9.26 Å². The number of aliphatic imine (C=N–C) groups is 1. The van der Waals surface area contributed by atoms with E-state index >= 15 is 0 Å². The Labute approximate surface area is 168 Å². The van der Waals surface area contributed by atoms with Gasteiger partial charge in [-0.2, -0.15) is 0 Å². The smallest absolute Gasteiger partial charge is 0.191 e. The third kappa shape index (κ3) is 7.00. The van der Waals surface area contributed by atoms with Gasteiger partial charge in [0.05, 0.1) is 25.5 Å². The molecule has 0 fully saturated rings. The molecule has 154 valence electrons. The van der Waals surface area contributed by atoms with Gasteiger partial charge in [0, 0.05) is 25.1 Å². The van der Waals surface area contributed by atoms with Crippen molar-refractivity contribution >= 4 is 5.96 Å². The summed E-state index contributed by atoms with van der Waals surface area (Å²) in [5, 5.41) is 10.9. The van der Waals surface area contributed by atoms with Crippen molar-refractivity contribution in [3.05, 3.63) is 52.9 Å². The van der Waals surface area contributed by atoms with Crippen molar-refractivity contribution in [1.82, 2.24) is 15.8 Å². The summed E-state index contributed by atoms with van der Waals surface area (Å²) >= 11 is 0. The minimum Gasteiger partial charge on any atom is -0.376 e. The third-order valence-electron chi connectivity index (χ3n) is 4.48. The fraction of sp³-hybridized carbons (Fsp3) is 0.545. The molecule has 1 aromatic carbocycles. The maximum Gasteiger partial charge on any atom is 0.191 e. The maximum atomic E-state index is 5.83. The Balaban J connectivity index is 1.83. The molecule has 0 bridgehead atoms. The maximum absolute atomic E-state index is 5.83. The molecule has 0 spiro atoms. The molecule has 6 heteroatoms. The number of aromatic nitrogens is 1. The molecular weight excluding hydrogens is 352 g/mol. The Morgan fingerprint density at radius 1 is 1.14 bits per heavy atom. The number of benzene rings is 1. The summed E-state index contributed by atoms with van der Waals surface area (Å²) in [5.41, 5.74) is 3.31. The van der Waals surface area contributed by atoms with Crippen LogP contribution in [0.25, 0.3) is 0 Å². The van der Waals surface area contributed by atoms with E-state index in [0.717, 1.165) is 48.9 Å². The van der Waals surface area contributed by atoms with Gasteiger partial charge in [-0.3, -0.25) is 0 Å². The Morgan fingerprint density at radius 3 is 2.61 bits per heavy atom. The first kappa shape index (κ1) is 22.0. The molecule has 1 aromatic heterocycles. The number of aryl methyl sites for hydroxylation is 2. The molecular formula is C22H34N4O2. The van der Waals surface area contributed by atoms with Gasteiger partial charge in [0.15, 0.2) is 5.96 Å². The van der Waals surface area contributed by atoms with Crippen LogP contribution >= 0.6 is 0 Å². The zero-order chi connectivity index (χ0) is 20.2. The molecule has 2 N–H and O–H groups in total. The summed E-state index contributed by atoms with van der Waals surface area (Å²) in [6, 6.07) is 10.3. The molecule has 1 heterocycles. The second-order valence-electron chi connectivity index (χ2n) is 6.92. The number of hydrogen-bond acceptors (Lipinski definition) is 4. The average molecular weight is 387 g/mol. The van der Waals surface area contributed by atoms with Crippen molar-refractivity contribution in [1.29, 1.82) is 0 Å².